The lowest BCUT2D eigenvalue weighted by Crippen LogP contribution is -2.44. The van der Waals surface area contributed by atoms with Gasteiger partial charge in [-0.2, -0.15) is 0 Å². The van der Waals surface area contributed by atoms with Crippen molar-refractivity contribution in [3.8, 4) is 0 Å². The maximum atomic E-state index is 12.9. The number of amides is 1. The van der Waals surface area contributed by atoms with E-state index in [2.05, 4.69) is 10.2 Å². The molecule has 28 heavy (non-hydrogen) atoms. The third kappa shape index (κ3) is 4.67. The van der Waals surface area contributed by atoms with Gasteiger partial charge in [0.15, 0.2) is 15.0 Å². The van der Waals surface area contributed by atoms with Crippen LogP contribution in [-0.4, -0.2) is 63.3 Å². The Balaban J connectivity index is 1.73. The van der Waals surface area contributed by atoms with Crippen LogP contribution in [0, 0.1) is 0 Å². The Hall–Kier alpha value is -2.07. The third-order valence-electron chi connectivity index (χ3n) is 4.81. The first-order valence-corrected chi connectivity index (χ1v) is 11.9. The second kappa shape index (κ2) is 8.52. The molecule has 2 aromatic rings. The van der Waals surface area contributed by atoms with E-state index < -0.39 is 15.1 Å². The van der Waals surface area contributed by atoms with Crippen LogP contribution in [0.4, 0.5) is 0 Å². The van der Waals surface area contributed by atoms with Crippen molar-refractivity contribution in [2.75, 3.05) is 18.1 Å². The van der Waals surface area contributed by atoms with Gasteiger partial charge in [-0.1, -0.05) is 42.1 Å². The van der Waals surface area contributed by atoms with Crippen LogP contribution in [0.3, 0.4) is 0 Å². The van der Waals surface area contributed by atoms with Crippen LogP contribution >= 0.6 is 11.8 Å². The zero-order valence-corrected chi connectivity index (χ0v) is 17.5. The molecular formula is C18H24N4O4S2. The highest BCUT2D eigenvalue weighted by atomic mass is 32.2. The standard InChI is InChI=1S/C18H24N4O4S2/c1-3-21(15-9-10-28(25,26)12-15)16(23)13(2)27-18-20-19-17(24)22(18)11-14-7-5-4-6-8-14/h4-8,13,15H,3,9-12H2,1-2H3,(H,19,24)/t13-,15+/m0/s1. The average molecular weight is 425 g/mol. The number of hydrogen-bond acceptors (Lipinski definition) is 6. The van der Waals surface area contributed by atoms with Crippen LogP contribution in [-0.2, 0) is 21.2 Å². The molecule has 0 radical (unpaired) electrons. The summed E-state index contributed by atoms with van der Waals surface area (Å²) in [6.45, 7) is 4.41. The summed E-state index contributed by atoms with van der Waals surface area (Å²) in [6.07, 6.45) is 0.473. The minimum absolute atomic E-state index is 0.0189. The van der Waals surface area contributed by atoms with Gasteiger partial charge in [0.1, 0.15) is 0 Å². The normalized spacial score (nSPS) is 19.4. The van der Waals surface area contributed by atoms with E-state index in [0.717, 1.165) is 5.56 Å². The highest BCUT2D eigenvalue weighted by Crippen LogP contribution is 2.25. The van der Waals surface area contributed by atoms with Crippen molar-refractivity contribution in [1.29, 1.82) is 0 Å². The monoisotopic (exact) mass is 424 g/mol. The Bertz CT molecular complexity index is 985. The van der Waals surface area contributed by atoms with Gasteiger partial charge < -0.3 is 4.90 Å². The van der Waals surface area contributed by atoms with E-state index >= 15 is 0 Å². The summed E-state index contributed by atoms with van der Waals surface area (Å²) >= 11 is 1.20. The molecular weight excluding hydrogens is 400 g/mol. The molecule has 0 spiro atoms. The van der Waals surface area contributed by atoms with Gasteiger partial charge in [-0.05, 0) is 25.8 Å². The molecule has 2 atom stereocenters. The van der Waals surface area contributed by atoms with Crippen LogP contribution in [0.2, 0.25) is 0 Å². The van der Waals surface area contributed by atoms with E-state index in [1.807, 2.05) is 37.3 Å². The molecule has 0 unspecified atom stereocenters. The number of sulfone groups is 1. The van der Waals surface area contributed by atoms with Gasteiger partial charge in [-0.15, -0.1) is 5.10 Å². The smallest absolute Gasteiger partial charge is 0.338 e. The largest absolute Gasteiger partial charge is 0.344 e. The van der Waals surface area contributed by atoms with Crippen LogP contribution in [0.25, 0.3) is 0 Å². The Kier molecular flexibility index (Phi) is 6.29. The van der Waals surface area contributed by atoms with Crippen molar-refractivity contribution >= 4 is 27.5 Å². The van der Waals surface area contributed by atoms with Gasteiger partial charge in [-0.3, -0.25) is 9.36 Å². The molecule has 3 rings (SSSR count). The predicted octanol–water partition coefficient (Wildman–Crippen LogP) is 1.14. The quantitative estimate of drug-likeness (QED) is 0.668. The van der Waals surface area contributed by atoms with E-state index in [1.165, 1.54) is 16.3 Å². The van der Waals surface area contributed by atoms with Crippen molar-refractivity contribution in [3.63, 3.8) is 0 Å². The molecule has 0 saturated carbocycles. The number of aromatic amines is 1. The summed E-state index contributed by atoms with van der Waals surface area (Å²) in [5.74, 6) is 0.000592. The lowest BCUT2D eigenvalue weighted by molar-refractivity contribution is -0.131. The van der Waals surface area contributed by atoms with Crippen LogP contribution in [0.1, 0.15) is 25.8 Å². The predicted molar refractivity (Wildman–Crippen MR) is 108 cm³/mol. The first-order valence-electron chi connectivity index (χ1n) is 9.17. The zero-order valence-electron chi connectivity index (χ0n) is 15.9. The van der Waals surface area contributed by atoms with E-state index in [-0.39, 0.29) is 29.1 Å². The highest BCUT2D eigenvalue weighted by Gasteiger charge is 2.35. The summed E-state index contributed by atoms with van der Waals surface area (Å²) in [5, 5.41) is 6.45. The lowest BCUT2D eigenvalue weighted by atomic mass is 10.2. The molecule has 1 N–H and O–H groups in total. The van der Waals surface area contributed by atoms with Gasteiger partial charge in [0.05, 0.1) is 23.3 Å². The summed E-state index contributed by atoms with van der Waals surface area (Å²) in [5.41, 5.74) is 0.624. The molecule has 2 heterocycles. The number of nitrogens with zero attached hydrogens (tertiary/aromatic N) is 3. The minimum Gasteiger partial charge on any atom is -0.338 e. The number of rotatable bonds is 7. The summed E-state index contributed by atoms with van der Waals surface area (Å²) in [6, 6.07) is 9.25. The molecule has 10 heteroatoms. The van der Waals surface area contributed by atoms with Crippen molar-refractivity contribution < 1.29 is 13.2 Å². The van der Waals surface area contributed by atoms with E-state index in [4.69, 9.17) is 0 Å². The van der Waals surface area contributed by atoms with Crippen LogP contribution in [0.15, 0.2) is 40.3 Å². The minimum atomic E-state index is -3.07. The molecule has 1 saturated heterocycles. The molecule has 1 fully saturated rings. The van der Waals surface area contributed by atoms with E-state index in [0.29, 0.717) is 24.7 Å². The van der Waals surface area contributed by atoms with E-state index in [1.54, 1.807) is 11.8 Å². The molecule has 8 nitrogen and oxygen atoms in total. The fourth-order valence-electron chi connectivity index (χ4n) is 3.36. The number of carbonyl (C=O) groups excluding carboxylic acids is 1. The van der Waals surface area contributed by atoms with Gasteiger partial charge in [0.2, 0.25) is 5.91 Å². The van der Waals surface area contributed by atoms with Crippen LogP contribution < -0.4 is 5.69 Å². The van der Waals surface area contributed by atoms with Gasteiger partial charge in [0.25, 0.3) is 0 Å². The molecule has 1 aliphatic heterocycles. The second-order valence-corrected chi connectivity index (χ2v) is 10.4. The molecule has 152 valence electrons. The maximum absolute atomic E-state index is 12.9. The topological polar surface area (TPSA) is 105 Å². The van der Waals surface area contributed by atoms with Gasteiger partial charge >= 0.3 is 5.69 Å². The first-order chi connectivity index (χ1) is 13.3. The Labute approximate surface area is 168 Å². The number of thioether (sulfide) groups is 1. The Morgan fingerprint density at radius 1 is 1.39 bits per heavy atom. The number of aromatic nitrogens is 3. The Morgan fingerprint density at radius 2 is 2.11 bits per heavy atom. The Morgan fingerprint density at radius 3 is 2.71 bits per heavy atom. The summed E-state index contributed by atoms with van der Waals surface area (Å²) in [4.78, 5) is 26.7. The molecule has 1 amide bonds. The molecule has 1 aliphatic rings. The number of benzene rings is 1. The maximum Gasteiger partial charge on any atom is 0.344 e. The lowest BCUT2D eigenvalue weighted by Gasteiger charge is -2.29. The van der Waals surface area contributed by atoms with Crippen molar-refractivity contribution in [2.24, 2.45) is 0 Å². The van der Waals surface area contributed by atoms with Gasteiger partial charge in [-0.25, -0.2) is 18.3 Å². The van der Waals surface area contributed by atoms with Gasteiger partial charge in [0, 0.05) is 12.6 Å². The molecule has 0 aliphatic carbocycles. The van der Waals surface area contributed by atoms with Crippen LogP contribution in [0.5, 0.6) is 0 Å². The fourth-order valence-corrected chi connectivity index (χ4v) is 6.01. The number of nitrogens with one attached hydrogen (secondary N) is 1. The highest BCUT2D eigenvalue weighted by molar-refractivity contribution is 8.00. The average Bonchev–Trinajstić information content (AvgIpc) is 3.19. The van der Waals surface area contributed by atoms with Crippen molar-refractivity contribution in [2.45, 2.75) is 43.3 Å². The molecule has 1 aromatic heterocycles. The number of hydrogen-bond donors (Lipinski definition) is 1. The first kappa shape index (κ1) is 20.7. The second-order valence-electron chi connectivity index (χ2n) is 6.82. The van der Waals surface area contributed by atoms with E-state index in [9.17, 15) is 18.0 Å². The molecule has 0 bridgehead atoms. The third-order valence-corrected chi connectivity index (χ3v) is 7.64. The SMILES string of the molecule is CCN(C(=O)[C@H](C)Sc1n[nH]c(=O)n1Cc1ccccc1)[C@@H]1CCS(=O)(=O)C1. The zero-order chi connectivity index (χ0) is 20.3. The van der Waals surface area contributed by atoms with Crippen molar-refractivity contribution in [1.82, 2.24) is 19.7 Å². The molecule has 1 aromatic carbocycles. The summed E-state index contributed by atoms with van der Waals surface area (Å²) < 4.78 is 25.0. The van der Waals surface area contributed by atoms with Crippen molar-refractivity contribution in [3.05, 3.63) is 46.4 Å². The number of carbonyl (C=O) groups is 1. The summed E-state index contributed by atoms with van der Waals surface area (Å²) in [7, 11) is -3.07. The number of H-pyrrole nitrogens is 1. The fraction of sp³-hybridized carbons (Fsp3) is 0.500.